The van der Waals surface area contributed by atoms with Crippen LogP contribution >= 0.6 is 11.3 Å². The molecule has 0 bridgehead atoms. The first-order valence-corrected chi connectivity index (χ1v) is 9.19. The Kier molecular flexibility index (Phi) is 4.31. The molecule has 5 nitrogen and oxygen atoms in total. The second kappa shape index (κ2) is 6.39. The van der Waals surface area contributed by atoms with Gasteiger partial charge < -0.3 is 9.73 Å². The molecular formula is C16H14N2O3S2. The molecule has 0 amide bonds. The minimum atomic E-state index is -3.77. The predicted molar refractivity (Wildman–Crippen MR) is 90.4 cm³/mol. The zero-order valence-corrected chi connectivity index (χ0v) is 13.7. The van der Waals surface area contributed by atoms with Crippen molar-refractivity contribution in [3.05, 3.63) is 60.5 Å². The Labute approximate surface area is 138 Å². The van der Waals surface area contributed by atoms with Crippen molar-refractivity contribution in [1.82, 2.24) is 4.98 Å². The number of hydrogen-bond acceptors (Lipinski definition) is 6. The van der Waals surface area contributed by atoms with E-state index in [9.17, 15) is 8.42 Å². The van der Waals surface area contributed by atoms with Crippen molar-refractivity contribution >= 4 is 27.1 Å². The Morgan fingerprint density at radius 3 is 2.65 bits per heavy atom. The van der Waals surface area contributed by atoms with Gasteiger partial charge in [-0.25, -0.2) is 8.42 Å². The molecule has 23 heavy (non-hydrogen) atoms. The molecule has 0 saturated carbocycles. The van der Waals surface area contributed by atoms with Gasteiger partial charge in [-0.3, -0.25) is 0 Å². The fraction of sp³-hybridized carbons (Fsp3) is 0.0625. The molecule has 1 N–H and O–H groups in total. The van der Waals surface area contributed by atoms with Gasteiger partial charge in [0.1, 0.15) is 0 Å². The zero-order chi connectivity index (χ0) is 16.3. The number of thiophene rings is 1. The van der Waals surface area contributed by atoms with Crippen molar-refractivity contribution in [2.24, 2.45) is 0 Å². The first-order chi connectivity index (χ1) is 11.1. The summed E-state index contributed by atoms with van der Waals surface area (Å²) in [7, 11) is -3.77. The Morgan fingerprint density at radius 1 is 1.22 bits per heavy atom. The highest BCUT2D eigenvalue weighted by Gasteiger charge is 2.28. The third kappa shape index (κ3) is 3.06. The van der Waals surface area contributed by atoms with Crippen LogP contribution in [-0.2, 0) is 9.84 Å². The van der Waals surface area contributed by atoms with Crippen LogP contribution in [0.3, 0.4) is 0 Å². The van der Waals surface area contributed by atoms with Gasteiger partial charge >= 0.3 is 0 Å². The number of nitrogens with zero attached hydrogens (tertiary/aromatic N) is 1. The van der Waals surface area contributed by atoms with Crippen LogP contribution in [-0.4, -0.2) is 19.9 Å². The molecule has 2 heterocycles. The van der Waals surface area contributed by atoms with E-state index in [4.69, 9.17) is 4.42 Å². The quantitative estimate of drug-likeness (QED) is 0.687. The lowest BCUT2D eigenvalue weighted by Gasteiger charge is -2.03. The molecule has 0 aliphatic carbocycles. The third-order valence-electron chi connectivity index (χ3n) is 3.04. The summed E-state index contributed by atoms with van der Waals surface area (Å²) in [6.07, 6.45) is 1.62. The molecule has 3 aromatic rings. The van der Waals surface area contributed by atoms with Crippen LogP contribution in [0.25, 0.3) is 10.8 Å². The van der Waals surface area contributed by atoms with E-state index >= 15 is 0 Å². The zero-order valence-electron chi connectivity index (χ0n) is 12.1. The number of anilines is 1. The molecule has 0 aliphatic heterocycles. The van der Waals surface area contributed by atoms with Gasteiger partial charge in [0, 0.05) is 6.54 Å². The first kappa shape index (κ1) is 15.5. The topological polar surface area (TPSA) is 72.2 Å². The molecule has 0 unspecified atom stereocenters. The van der Waals surface area contributed by atoms with Crippen LogP contribution in [0.5, 0.6) is 0 Å². The van der Waals surface area contributed by atoms with Gasteiger partial charge in [0.2, 0.25) is 26.6 Å². The summed E-state index contributed by atoms with van der Waals surface area (Å²) in [5, 5.41) is 4.66. The molecule has 0 fully saturated rings. The summed E-state index contributed by atoms with van der Waals surface area (Å²) >= 11 is 1.43. The van der Waals surface area contributed by atoms with Gasteiger partial charge in [-0.1, -0.05) is 30.3 Å². The van der Waals surface area contributed by atoms with Crippen LogP contribution in [0.15, 0.2) is 74.8 Å². The van der Waals surface area contributed by atoms with Gasteiger partial charge in [-0.05, 0) is 23.6 Å². The SMILES string of the molecule is C=CCNc1oc(-c2cccs2)nc1S(=O)(=O)c1ccccc1. The minimum absolute atomic E-state index is 0.117. The molecule has 0 saturated heterocycles. The highest BCUT2D eigenvalue weighted by molar-refractivity contribution is 7.91. The van der Waals surface area contributed by atoms with E-state index in [2.05, 4.69) is 16.9 Å². The number of benzene rings is 1. The molecule has 3 rings (SSSR count). The minimum Gasteiger partial charge on any atom is -0.418 e. The van der Waals surface area contributed by atoms with E-state index in [1.807, 2.05) is 17.5 Å². The van der Waals surface area contributed by atoms with Gasteiger partial charge in [0.05, 0.1) is 9.77 Å². The largest absolute Gasteiger partial charge is 0.418 e. The van der Waals surface area contributed by atoms with Crippen LogP contribution in [0, 0.1) is 0 Å². The van der Waals surface area contributed by atoms with Crippen molar-refractivity contribution in [3.8, 4) is 10.8 Å². The summed E-state index contributed by atoms with van der Waals surface area (Å²) in [5.74, 6) is 0.401. The summed E-state index contributed by atoms with van der Waals surface area (Å²) < 4.78 is 31.3. The van der Waals surface area contributed by atoms with Gasteiger partial charge in [0.25, 0.3) is 0 Å². The number of rotatable bonds is 6. The van der Waals surface area contributed by atoms with Crippen LogP contribution < -0.4 is 5.32 Å². The van der Waals surface area contributed by atoms with E-state index in [1.54, 1.807) is 24.3 Å². The summed E-state index contributed by atoms with van der Waals surface area (Å²) in [6.45, 7) is 3.98. The summed E-state index contributed by atoms with van der Waals surface area (Å²) in [4.78, 5) is 5.15. The van der Waals surface area contributed by atoms with Crippen LogP contribution in [0.2, 0.25) is 0 Å². The lowest BCUT2D eigenvalue weighted by Crippen LogP contribution is -2.07. The molecule has 7 heteroatoms. The molecule has 0 spiro atoms. The molecule has 0 aliphatic rings. The summed E-state index contributed by atoms with van der Waals surface area (Å²) in [6, 6.07) is 11.8. The second-order valence-electron chi connectivity index (χ2n) is 4.62. The number of aromatic nitrogens is 1. The highest BCUT2D eigenvalue weighted by Crippen LogP contribution is 2.33. The van der Waals surface area contributed by atoms with Crippen molar-refractivity contribution in [2.75, 3.05) is 11.9 Å². The van der Waals surface area contributed by atoms with Crippen LogP contribution in [0.4, 0.5) is 5.88 Å². The monoisotopic (exact) mass is 346 g/mol. The highest BCUT2D eigenvalue weighted by atomic mass is 32.2. The van der Waals surface area contributed by atoms with Crippen molar-refractivity contribution < 1.29 is 12.8 Å². The van der Waals surface area contributed by atoms with Crippen molar-refractivity contribution in [3.63, 3.8) is 0 Å². The Bertz CT molecular complexity index is 898. The van der Waals surface area contributed by atoms with Gasteiger partial charge in [-0.2, -0.15) is 4.98 Å². The Balaban J connectivity index is 2.11. The summed E-state index contributed by atoms with van der Waals surface area (Å²) in [5.41, 5.74) is 0. The standard InChI is InChI=1S/C16H14N2O3S2/c1-2-10-17-15-16(18-14(21-15)13-9-6-11-22-13)23(19,20)12-7-4-3-5-8-12/h2-9,11,17H,1,10H2. The predicted octanol–water partition coefficient (Wildman–Crippen LogP) is 3.83. The maximum atomic E-state index is 12.8. The normalized spacial score (nSPS) is 11.3. The van der Waals surface area contributed by atoms with E-state index in [1.165, 1.54) is 23.5 Å². The lowest BCUT2D eigenvalue weighted by molar-refractivity contribution is 0.580. The van der Waals surface area contributed by atoms with E-state index in [-0.39, 0.29) is 21.7 Å². The average Bonchev–Trinajstić information content (AvgIpc) is 3.23. The first-order valence-electron chi connectivity index (χ1n) is 6.82. The molecule has 1 aromatic carbocycles. The van der Waals surface area contributed by atoms with Crippen molar-refractivity contribution in [1.29, 1.82) is 0 Å². The number of hydrogen-bond donors (Lipinski definition) is 1. The molecule has 0 radical (unpaired) electrons. The average molecular weight is 346 g/mol. The van der Waals surface area contributed by atoms with Gasteiger partial charge in [0.15, 0.2) is 0 Å². The Morgan fingerprint density at radius 2 is 2.00 bits per heavy atom. The Hall–Kier alpha value is -2.38. The molecular weight excluding hydrogens is 332 g/mol. The van der Waals surface area contributed by atoms with Crippen molar-refractivity contribution in [2.45, 2.75) is 9.92 Å². The third-order valence-corrected chi connectivity index (χ3v) is 5.58. The molecule has 0 atom stereocenters. The molecule has 2 aromatic heterocycles. The lowest BCUT2D eigenvalue weighted by atomic mass is 10.4. The van der Waals surface area contributed by atoms with E-state index in [0.717, 1.165) is 4.88 Å². The van der Waals surface area contributed by atoms with E-state index in [0.29, 0.717) is 6.54 Å². The maximum Gasteiger partial charge on any atom is 0.240 e. The molecule has 118 valence electrons. The smallest absolute Gasteiger partial charge is 0.240 e. The number of sulfone groups is 1. The van der Waals surface area contributed by atoms with Crippen LogP contribution in [0.1, 0.15) is 0 Å². The number of oxazole rings is 1. The fourth-order valence-corrected chi connectivity index (χ4v) is 3.93. The number of nitrogens with one attached hydrogen (secondary N) is 1. The second-order valence-corrected chi connectivity index (χ2v) is 7.43. The van der Waals surface area contributed by atoms with E-state index < -0.39 is 9.84 Å². The van der Waals surface area contributed by atoms with Gasteiger partial charge in [-0.15, -0.1) is 17.9 Å². The maximum absolute atomic E-state index is 12.8. The fourth-order valence-electron chi connectivity index (χ4n) is 1.98.